The Morgan fingerprint density at radius 3 is 1.16 bits per heavy atom. The Balaban J connectivity index is 4.55. The highest BCUT2D eigenvalue weighted by molar-refractivity contribution is 7.45. The molecular weight excluding hydrogens is 822 g/mol. The number of phosphoric acid groups is 1. The van der Waals surface area contributed by atoms with Crippen LogP contribution in [0.1, 0.15) is 129 Å². The molecule has 0 amide bonds. The number of phosphoric ester groups is 1. The van der Waals surface area contributed by atoms with Gasteiger partial charge in [0.25, 0.3) is 7.82 Å². The highest BCUT2D eigenvalue weighted by atomic mass is 31.2. The molecule has 0 radical (unpaired) electrons. The lowest BCUT2D eigenvalue weighted by Crippen LogP contribution is -2.37. The number of quaternary nitrogens is 1. The summed E-state index contributed by atoms with van der Waals surface area (Å²) in [4.78, 5) is 37.6. The summed E-state index contributed by atoms with van der Waals surface area (Å²) in [5.74, 6) is -0.991. The highest BCUT2D eigenvalue weighted by Gasteiger charge is 2.21. The molecule has 0 N–H and O–H groups in total. The fourth-order valence-corrected chi connectivity index (χ4v) is 5.99. The second-order valence-electron chi connectivity index (χ2n) is 16.0. The quantitative estimate of drug-likeness (QED) is 0.0196. The first-order chi connectivity index (χ1) is 31.0. The number of carbonyl (C=O) groups excluding carboxylic acids is 2. The van der Waals surface area contributed by atoms with Gasteiger partial charge in [0, 0.05) is 12.8 Å². The molecule has 2 atom stereocenters. The summed E-state index contributed by atoms with van der Waals surface area (Å²) in [6.07, 6.45) is 64.7. The highest BCUT2D eigenvalue weighted by Crippen LogP contribution is 2.38. The number of likely N-dealkylation sites (N-methyl/N-ethyl adjacent to an activating group) is 1. The van der Waals surface area contributed by atoms with Crippen LogP contribution in [0.5, 0.6) is 0 Å². The first kappa shape index (κ1) is 59.9. The predicted octanol–water partition coefficient (Wildman–Crippen LogP) is 13.4. The Labute approximate surface area is 389 Å². The van der Waals surface area contributed by atoms with Crippen molar-refractivity contribution in [3.05, 3.63) is 146 Å². The largest absolute Gasteiger partial charge is 0.756 e. The summed E-state index contributed by atoms with van der Waals surface area (Å²) in [5.41, 5.74) is 0. The molecule has 0 bridgehead atoms. The Bertz CT molecular complexity index is 1590. The maximum absolute atomic E-state index is 12.7. The van der Waals surface area contributed by atoms with Crippen LogP contribution in [0.2, 0.25) is 0 Å². The summed E-state index contributed by atoms with van der Waals surface area (Å²) in [5, 5.41) is 0. The molecule has 10 heteroatoms. The minimum absolute atomic E-state index is 0.0603. The van der Waals surface area contributed by atoms with Gasteiger partial charge in [0.2, 0.25) is 0 Å². The average molecular weight is 906 g/mol. The number of allylic oxidation sites excluding steroid dienone is 24. The Hall–Kier alpha value is -4.11. The normalized spacial score (nSPS) is 14.8. The van der Waals surface area contributed by atoms with Crippen molar-refractivity contribution < 1.29 is 42.1 Å². The van der Waals surface area contributed by atoms with Crippen molar-refractivity contribution in [2.24, 2.45) is 0 Å². The third-order valence-electron chi connectivity index (χ3n) is 8.85. The molecule has 2 unspecified atom stereocenters. The van der Waals surface area contributed by atoms with Gasteiger partial charge in [-0.05, 0) is 103 Å². The molecule has 9 nitrogen and oxygen atoms in total. The zero-order chi connectivity index (χ0) is 47.1. The van der Waals surface area contributed by atoms with Crippen molar-refractivity contribution in [1.29, 1.82) is 0 Å². The first-order valence-corrected chi connectivity index (χ1v) is 25.0. The third kappa shape index (κ3) is 47.4. The van der Waals surface area contributed by atoms with Gasteiger partial charge in [-0.15, -0.1) is 0 Å². The molecule has 0 fully saturated rings. The predicted molar refractivity (Wildman–Crippen MR) is 267 cm³/mol. The standard InChI is InChI=1S/C54H84NO8P/c1-6-8-10-12-14-16-18-20-22-24-25-26-27-28-29-31-33-35-37-39-41-43-45-47-54(57)63-52(51-62-64(58,59)61-49-48-55(3,4)5)50-60-53(56)46-44-42-40-38-36-34-32-30-23-21-19-17-15-13-11-9-7-2/h8-11,14-17,20-23,25-26,28-29,32-35,38-41,52H,6-7,12-13,18-19,24,27,30-31,36-37,42-51H2,1-5H3/b10-8-,11-9-,16-14-,17-15-,22-20-,23-21-,26-25-,29-28-,34-32-,35-33-,40-38-,41-39-. The number of hydrogen-bond acceptors (Lipinski definition) is 8. The fraction of sp³-hybridized carbons (Fsp3) is 0.519. The molecule has 0 saturated heterocycles. The second-order valence-corrected chi connectivity index (χ2v) is 17.4. The van der Waals surface area contributed by atoms with E-state index in [9.17, 15) is 19.0 Å². The van der Waals surface area contributed by atoms with E-state index in [0.717, 1.165) is 77.0 Å². The molecule has 0 aliphatic heterocycles. The Morgan fingerprint density at radius 1 is 0.484 bits per heavy atom. The van der Waals surface area contributed by atoms with Crippen molar-refractivity contribution >= 4 is 19.8 Å². The molecule has 0 heterocycles. The SMILES string of the molecule is CC/C=C\C/C=C\C/C=C\C/C=C\C/C=C\C/C=C\C/C=C\CCCC(=O)OC(COC(=O)CCC/C=C\C/C=C\C/C=C\C/C=C\C/C=C\CC)COP(=O)([O-])OCC[N+](C)(C)C. The number of unbranched alkanes of at least 4 members (excludes halogenated alkanes) is 2. The second kappa shape index (κ2) is 44.1. The van der Waals surface area contributed by atoms with Crippen LogP contribution in [0, 0.1) is 0 Å². The van der Waals surface area contributed by atoms with Crippen LogP contribution >= 0.6 is 7.82 Å². The van der Waals surface area contributed by atoms with Gasteiger partial charge < -0.3 is 27.9 Å². The summed E-state index contributed by atoms with van der Waals surface area (Å²) < 4.78 is 33.8. The van der Waals surface area contributed by atoms with Gasteiger partial charge in [0.05, 0.1) is 27.7 Å². The van der Waals surface area contributed by atoms with Crippen molar-refractivity contribution in [3.63, 3.8) is 0 Å². The van der Waals surface area contributed by atoms with Crippen LogP contribution in [0.15, 0.2) is 146 Å². The molecule has 0 aliphatic carbocycles. The molecular formula is C54H84NO8P. The number of esters is 2. The first-order valence-electron chi connectivity index (χ1n) is 23.5. The lowest BCUT2D eigenvalue weighted by atomic mass is 10.2. The number of carbonyl (C=O) groups is 2. The van der Waals surface area contributed by atoms with E-state index in [-0.39, 0.29) is 26.1 Å². The van der Waals surface area contributed by atoms with Gasteiger partial charge in [-0.2, -0.15) is 0 Å². The van der Waals surface area contributed by atoms with Crippen LogP contribution in [0.3, 0.4) is 0 Å². The summed E-state index contributed by atoms with van der Waals surface area (Å²) >= 11 is 0. The third-order valence-corrected chi connectivity index (χ3v) is 9.82. The molecule has 0 aromatic carbocycles. The van der Waals surface area contributed by atoms with E-state index in [0.29, 0.717) is 36.7 Å². The molecule has 358 valence electrons. The number of nitrogens with zero attached hydrogens (tertiary/aromatic N) is 1. The number of hydrogen-bond donors (Lipinski definition) is 0. The fourth-order valence-electron chi connectivity index (χ4n) is 5.26. The molecule has 64 heavy (non-hydrogen) atoms. The smallest absolute Gasteiger partial charge is 0.306 e. The monoisotopic (exact) mass is 906 g/mol. The lowest BCUT2D eigenvalue weighted by Gasteiger charge is -2.28. The molecule has 0 aromatic heterocycles. The Morgan fingerprint density at radius 2 is 0.812 bits per heavy atom. The summed E-state index contributed by atoms with van der Waals surface area (Å²) in [7, 11) is 1.07. The van der Waals surface area contributed by atoms with E-state index in [2.05, 4.69) is 148 Å². The summed E-state index contributed by atoms with van der Waals surface area (Å²) in [6.45, 7) is 3.82. The Kier molecular flexibility index (Phi) is 41.3. The van der Waals surface area contributed by atoms with Crippen molar-refractivity contribution in [2.75, 3.05) is 47.5 Å². The van der Waals surface area contributed by atoms with Gasteiger partial charge in [0.1, 0.15) is 19.8 Å². The number of rotatable bonds is 40. The van der Waals surface area contributed by atoms with Crippen molar-refractivity contribution in [3.8, 4) is 0 Å². The zero-order valence-corrected chi connectivity index (χ0v) is 41.0. The van der Waals surface area contributed by atoms with Crippen LogP contribution in [0.4, 0.5) is 0 Å². The lowest BCUT2D eigenvalue weighted by molar-refractivity contribution is -0.870. The van der Waals surface area contributed by atoms with Crippen LogP contribution in [-0.2, 0) is 32.7 Å². The topological polar surface area (TPSA) is 111 Å². The number of ether oxygens (including phenoxy) is 2. The molecule has 0 saturated carbocycles. The van der Waals surface area contributed by atoms with Crippen LogP contribution in [-0.4, -0.2) is 70.0 Å². The van der Waals surface area contributed by atoms with Gasteiger partial charge in [0.15, 0.2) is 6.10 Å². The van der Waals surface area contributed by atoms with Crippen LogP contribution in [0.25, 0.3) is 0 Å². The van der Waals surface area contributed by atoms with Crippen LogP contribution < -0.4 is 4.89 Å². The minimum atomic E-state index is -4.67. The van der Waals surface area contributed by atoms with E-state index in [1.54, 1.807) is 0 Å². The van der Waals surface area contributed by atoms with Gasteiger partial charge >= 0.3 is 11.9 Å². The van der Waals surface area contributed by atoms with E-state index in [1.165, 1.54) is 0 Å². The molecule has 0 rings (SSSR count). The van der Waals surface area contributed by atoms with E-state index in [4.69, 9.17) is 18.5 Å². The van der Waals surface area contributed by atoms with E-state index < -0.39 is 32.5 Å². The van der Waals surface area contributed by atoms with Gasteiger partial charge in [-0.1, -0.05) is 160 Å². The van der Waals surface area contributed by atoms with Gasteiger partial charge in [-0.3, -0.25) is 14.2 Å². The average Bonchev–Trinajstić information content (AvgIpc) is 3.25. The molecule has 0 aliphatic rings. The van der Waals surface area contributed by atoms with E-state index in [1.807, 2.05) is 33.3 Å². The molecule has 0 aromatic rings. The minimum Gasteiger partial charge on any atom is -0.756 e. The maximum atomic E-state index is 12.7. The molecule has 0 spiro atoms. The zero-order valence-electron chi connectivity index (χ0n) is 40.2. The summed E-state index contributed by atoms with van der Waals surface area (Å²) in [6, 6.07) is 0. The van der Waals surface area contributed by atoms with E-state index >= 15 is 0 Å². The van der Waals surface area contributed by atoms with Crippen molar-refractivity contribution in [2.45, 2.75) is 136 Å². The maximum Gasteiger partial charge on any atom is 0.306 e. The van der Waals surface area contributed by atoms with Gasteiger partial charge in [-0.25, -0.2) is 0 Å². The van der Waals surface area contributed by atoms with Crippen molar-refractivity contribution in [1.82, 2.24) is 0 Å².